The summed E-state index contributed by atoms with van der Waals surface area (Å²) in [6.07, 6.45) is -0.912. The molecule has 1 amide bonds. The molecule has 0 saturated carbocycles. The SMILES string of the molecule is CCOC(=O)CC[C@H](NC(=O)OCC(C)C)C(=O)O. The van der Waals surface area contributed by atoms with Gasteiger partial charge in [-0.25, -0.2) is 9.59 Å². The Morgan fingerprint density at radius 1 is 1.21 bits per heavy atom. The molecule has 0 aromatic carbocycles. The molecule has 0 aliphatic heterocycles. The van der Waals surface area contributed by atoms with Gasteiger partial charge in [0.25, 0.3) is 0 Å². The average molecular weight is 275 g/mol. The Balaban J connectivity index is 4.15. The Hall–Kier alpha value is -1.79. The van der Waals surface area contributed by atoms with E-state index in [2.05, 4.69) is 10.1 Å². The minimum atomic E-state index is -1.22. The van der Waals surface area contributed by atoms with E-state index in [0.717, 1.165) is 0 Å². The van der Waals surface area contributed by atoms with E-state index in [0.29, 0.717) is 0 Å². The predicted molar refractivity (Wildman–Crippen MR) is 66.6 cm³/mol. The third-order valence-corrected chi connectivity index (χ3v) is 2.08. The number of ether oxygens (including phenoxy) is 2. The van der Waals surface area contributed by atoms with Gasteiger partial charge in [-0.15, -0.1) is 0 Å². The zero-order valence-electron chi connectivity index (χ0n) is 11.5. The quantitative estimate of drug-likeness (QED) is 0.645. The van der Waals surface area contributed by atoms with Crippen LogP contribution in [0.2, 0.25) is 0 Å². The Kier molecular flexibility index (Phi) is 8.32. The average Bonchev–Trinajstić information content (AvgIpc) is 2.31. The molecular weight excluding hydrogens is 254 g/mol. The number of hydrogen-bond donors (Lipinski definition) is 2. The highest BCUT2D eigenvalue weighted by Crippen LogP contribution is 2.01. The number of rotatable bonds is 8. The number of nitrogens with one attached hydrogen (secondary N) is 1. The Morgan fingerprint density at radius 3 is 2.32 bits per heavy atom. The normalized spacial score (nSPS) is 11.8. The molecule has 0 saturated heterocycles. The van der Waals surface area contributed by atoms with E-state index < -0.39 is 24.1 Å². The summed E-state index contributed by atoms with van der Waals surface area (Å²) in [6.45, 7) is 5.83. The summed E-state index contributed by atoms with van der Waals surface area (Å²) >= 11 is 0. The molecule has 0 rings (SSSR count). The second kappa shape index (κ2) is 9.18. The number of carbonyl (C=O) groups excluding carboxylic acids is 2. The summed E-state index contributed by atoms with van der Waals surface area (Å²) in [5, 5.41) is 11.1. The van der Waals surface area contributed by atoms with Gasteiger partial charge < -0.3 is 19.9 Å². The lowest BCUT2D eigenvalue weighted by Gasteiger charge is -2.14. The van der Waals surface area contributed by atoms with E-state index in [1.807, 2.05) is 13.8 Å². The molecule has 7 heteroatoms. The van der Waals surface area contributed by atoms with Gasteiger partial charge in [0.1, 0.15) is 6.04 Å². The summed E-state index contributed by atoms with van der Waals surface area (Å²) in [5.41, 5.74) is 0. The molecule has 0 spiro atoms. The monoisotopic (exact) mass is 275 g/mol. The number of esters is 1. The van der Waals surface area contributed by atoms with E-state index in [9.17, 15) is 14.4 Å². The first-order valence-electron chi connectivity index (χ1n) is 6.18. The lowest BCUT2D eigenvalue weighted by Crippen LogP contribution is -2.41. The maximum Gasteiger partial charge on any atom is 0.407 e. The topological polar surface area (TPSA) is 102 Å². The standard InChI is InChI=1S/C12H21NO6/c1-4-18-10(14)6-5-9(11(15)16)13-12(17)19-7-8(2)3/h8-9H,4-7H2,1-3H3,(H,13,17)(H,15,16)/t9-/m0/s1. The first kappa shape index (κ1) is 17.2. The van der Waals surface area contributed by atoms with Gasteiger partial charge in [0.15, 0.2) is 0 Å². The fraction of sp³-hybridized carbons (Fsp3) is 0.750. The van der Waals surface area contributed by atoms with Crippen LogP contribution in [-0.2, 0) is 19.1 Å². The predicted octanol–water partition coefficient (Wildman–Crippen LogP) is 1.17. The number of hydrogen-bond acceptors (Lipinski definition) is 5. The summed E-state index contributed by atoms with van der Waals surface area (Å²) in [6, 6.07) is -1.16. The molecule has 7 nitrogen and oxygen atoms in total. The van der Waals surface area contributed by atoms with E-state index >= 15 is 0 Å². The van der Waals surface area contributed by atoms with Crippen LogP contribution >= 0.6 is 0 Å². The number of alkyl carbamates (subject to hydrolysis) is 1. The maximum atomic E-state index is 11.3. The van der Waals surface area contributed by atoms with Crippen LogP contribution in [0.5, 0.6) is 0 Å². The molecular formula is C12H21NO6. The smallest absolute Gasteiger partial charge is 0.407 e. The van der Waals surface area contributed by atoms with Crippen molar-refractivity contribution < 1.29 is 29.0 Å². The van der Waals surface area contributed by atoms with Crippen molar-refractivity contribution in [2.24, 2.45) is 5.92 Å². The van der Waals surface area contributed by atoms with Gasteiger partial charge in [0, 0.05) is 6.42 Å². The number of carboxylic acids is 1. The zero-order chi connectivity index (χ0) is 14.8. The highest BCUT2D eigenvalue weighted by Gasteiger charge is 2.22. The van der Waals surface area contributed by atoms with Crippen LogP contribution in [-0.4, -0.2) is 42.4 Å². The molecule has 0 heterocycles. The Labute approximate surface area is 112 Å². The van der Waals surface area contributed by atoms with Crippen LogP contribution in [0.3, 0.4) is 0 Å². The summed E-state index contributed by atoms with van der Waals surface area (Å²) in [5.74, 6) is -1.55. The third kappa shape index (κ3) is 8.87. The molecule has 0 fully saturated rings. The molecule has 0 unspecified atom stereocenters. The first-order valence-corrected chi connectivity index (χ1v) is 6.18. The molecule has 0 aliphatic rings. The molecule has 0 aromatic heterocycles. The van der Waals surface area contributed by atoms with Gasteiger partial charge in [0.2, 0.25) is 0 Å². The van der Waals surface area contributed by atoms with Crippen molar-refractivity contribution in [3.05, 3.63) is 0 Å². The van der Waals surface area contributed by atoms with E-state index in [-0.39, 0.29) is 32.0 Å². The van der Waals surface area contributed by atoms with Gasteiger partial charge in [-0.3, -0.25) is 4.79 Å². The van der Waals surface area contributed by atoms with E-state index in [1.165, 1.54) is 0 Å². The van der Waals surface area contributed by atoms with Crippen LogP contribution in [0.25, 0.3) is 0 Å². The number of amides is 1. The molecule has 0 aliphatic carbocycles. The fourth-order valence-electron chi connectivity index (χ4n) is 1.18. The van der Waals surface area contributed by atoms with Crippen molar-refractivity contribution >= 4 is 18.0 Å². The molecule has 0 aromatic rings. The van der Waals surface area contributed by atoms with Crippen molar-refractivity contribution in [3.63, 3.8) is 0 Å². The van der Waals surface area contributed by atoms with Gasteiger partial charge in [-0.05, 0) is 19.3 Å². The second-order valence-electron chi connectivity index (χ2n) is 4.37. The fourth-order valence-corrected chi connectivity index (χ4v) is 1.18. The van der Waals surface area contributed by atoms with Crippen molar-refractivity contribution in [1.29, 1.82) is 0 Å². The zero-order valence-corrected chi connectivity index (χ0v) is 11.5. The summed E-state index contributed by atoms with van der Waals surface area (Å²) in [4.78, 5) is 33.4. The van der Waals surface area contributed by atoms with Gasteiger partial charge >= 0.3 is 18.0 Å². The molecule has 0 radical (unpaired) electrons. The lowest BCUT2D eigenvalue weighted by molar-refractivity contribution is -0.144. The first-order chi connectivity index (χ1) is 8.86. The minimum Gasteiger partial charge on any atom is -0.480 e. The minimum absolute atomic E-state index is 0.0368. The van der Waals surface area contributed by atoms with Crippen molar-refractivity contribution in [3.8, 4) is 0 Å². The van der Waals surface area contributed by atoms with Crippen molar-refractivity contribution in [1.82, 2.24) is 5.32 Å². The second-order valence-corrected chi connectivity index (χ2v) is 4.37. The third-order valence-electron chi connectivity index (χ3n) is 2.08. The molecule has 110 valence electrons. The number of carbonyl (C=O) groups is 3. The molecule has 19 heavy (non-hydrogen) atoms. The van der Waals surface area contributed by atoms with Crippen LogP contribution in [0, 0.1) is 5.92 Å². The number of aliphatic carboxylic acids is 1. The highest BCUT2D eigenvalue weighted by molar-refractivity contribution is 5.80. The molecule has 2 N–H and O–H groups in total. The molecule has 0 bridgehead atoms. The van der Waals surface area contributed by atoms with Crippen molar-refractivity contribution in [2.45, 2.75) is 39.7 Å². The lowest BCUT2D eigenvalue weighted by atomic mass is 10.1. The van der Waals surface area contributed by atoms with Crippen LogP contribution < -0.4 is 5.32 Å². The Bertz CT molecular complexity index is 315. The Morgan fingerprint density at radius 2 is 1.84 bits per heavy atom. The highest BCUT2D eigenvalue weighted by atomic mass is 16.5. The van der Waals surface area contributed by atoms with E-state index in [4.69, 9.17) is 9.84 Å². The summed E-state index contributed by atoms with van der Waals surface area (Å²) in [7, 11) is 0. The van der Waals surface area contributed by atoms with Crippen molar-refractivity contribution in [2.75, 3.05) is 13.2 Å². The maximum absolute atomic E-state index is 11.3. The largest absolute Gasteiger partial charge is 0.480 e. The van der Waals surface area contributed by atoms with Gasteiger partial charge in [-0.1, -0.05) is 13.8 Å². The van der Waals surface area contributed by atoms with Gasteiger partial charge in [0.05, 0.1) is 13.2 Å². The van der Waals surface area contributed by atoms with Gasteiger partial charge in [-0.2, -0.15) is 0 Å². The van der Waals surface area contributed by atoms with E-state index in [1.54, 1.807) is 6.92 Å². The summed E-state index contributed by atoms with van der Waals surface area (Å²) < 4.78 is 9.49. The van der Waals surface area contributed by atoms with Crippen LogP contribution in [0.1, 0.15) is 33.6 Å². The van der Waals surface area contributed by atoms with Crippen LogP contribution in [0.4, 0.5) is 4.79 Å². The van der Waals surface area contributed by atoms with Crippen LogP contribution in [0.15, 0.2) is 0 Å². The molecule has 1 atom stereocenters. The number of carboxylic acid groups (broad SMARTS) is 1.